The predicted molar refractivity (Wildman–Crippen MR) is 96.9 cm³/mol. The van der Waals surface area contributed by atoms with Crippen LogP contribution in [0.5, 0.6) is 0 Å². The molecule has 2 aliphatic rings. The summed E-state index contributed by atoms with van der Waals surface area (Å²) in [6, 6.07) is 8.06. The van der Waals surface area contributed by atoms with E-state index in [-0.39, 0.29) is 17.9 Å². The molecule has 5 nitrogen and oxygen atoms in total. The van der Waals surface area contributed by atoms with E-state index < -0.39 is 0 Å². The monoisotopic (exact) mass is 347 g/mol. The van der Waals surface area contributed by atoms with Crippen molar-refractivity contribution in [2.24, 2.45) is 0 Å². The highest BCUT2D eigenvalue weighted by molar-refractivity contribution is 7.99. The number of amides is 2. The van der Waals surface area contributed by atoms with Crippen molar-refractivity contribution in [1.82, 2.24) is 15.1 Å². The van der Waals surface area contributed by atoms with E-state index in [1.54, 1.807) is 11.8 Å². The van der Waals surface area contributed by atoms with Gasteiger partial charge in [0.25, 0.3) is 0 Å². The summed E-state index contributed by atoms with van der Waals surface area (Å²) in [4.78, 5) is 28.9. The summed E-state index contributed by atoms with van der Waals surface area (Å²) in [5, 5.41) is 3.24. The van der Waals surface area contributed by atoms with Gasteiger partial charge in [0.1, 0.15) is 0 Å². The first kappa shape index (κ1) is 17.3. The zero-order chi connectivity index (χ0) is 16.9. The lowest BCUT2D eigenvalue weighted by atomic mass is 10.1. The van der Waals surface area contributed by atoms with Gasteiger partial charge in [-0.15, -0.1) is 11.8 Å². The molecule has 1 aromatic carbocycles. The molecule has 2 saturated heterocycles. The van der Waals surface area contributed by atoms with Gasteiger partial charge >= 0.3 is 0 Å². The average Bonchev–Trinajstić information content (AvgIpc) is 3.00. The molecule has 1 atom stereocenters. The third-order valence-corrected chi connectivity index (χ3v) is 5.59. The first-order chi connectivity index (χ1) is 11.6. The van der Waals surface area contributed by atoms with E-state index in [0.717, 1.165) is 36.7 Å². The van der Waals surface area contributed by atoms with Crippen molar-refractivity contribution in [3.63, 3.8) is 0 Å². The second-order valence-electron chi connectivity index (χ2n) is 6.49. The van der Waals surface area contributed by atoms with Crippen LogP contribution in [0.25, 0.3) is 0 Å². The lowest BCUT2D eigenvalue weighted by molar-refractivity contribution is -0.134. The molecule has 130 valence electrons. The number of thioether (sulfide) groups is 1. The van der Waals surface area contributed by atoms with Gasteiger partial charge < -0.3 is 9.80 Å². The highest BCUT2D eigenvalue weighted by Crippen LogP contribution is 2.14. The van der Waals surface area contributed by atoms with Crippen molar-refractivity contribution in [3.05, 3.63) is 35.4 Å². The van der Waals surface area contributed by atoms with Gasteiger partial charge in [-0.25, -0.2) is 0 Å². The first-order valence-electron chi connectivity index (χ1n) is 8.57. The van der Waals surface area contributed by atoms with Crippen LogP contribution in [0.4, 0.5) is 0 Å². The van der Waals surface area contributed by atoms with E-state index in [2.05, 4.69) is 5.32 Å². The smallest absolute Gasteiger partial charge is 0.240 e. The number of rotatable bonds is 3. The van der Waals surface area contributed by atoms with E-state index >= 15 is 0 Å². The highest BCUT2D eigenvalue weighted by atomic mass is 32.2. The van der Waals surface area contributed by atoms with Crippen LogP contribution in [-0.4, -0.2) is 65.5 Å². The van der Waals surface area contributed by atoms with Crippen LogP contribution < -0.4 is 5.32 Å². The van der Waals surface area contributed by atoms with Gasteiger partial charge in [0, 0.05) is 37.8 Å². The van der Waals surface area contributed by atoms with Crippen LogP contribution in [0.1, 0.15) is 17.5 Å². The minimum Gasteiger partial charge on any atom is -0.341 e. The first-order valence-corrected chi connectivity index (χ1v) is 9.72. The molecule has 0 spiro atoms. The summed E-state index contributed by atoms with van der Waals surface area (Å²) in [5.41, 5.74) is 2.25. The van der Waals surface area contributed by atoms with E-state index in [1.807, 2.05) is 41.0 Å². The molecule has 2 heterocycles. The second kappa shape index (κ2) is 8.03. The zero-order valence-corrected chi connectivity index (χ0v) is 15.0. The van der Waals surface area contributed by atoms with Crippen LogP contribution in [0.2, 0.25) is 0 Å². The fourth-order valence-electron chi connectivity index (χ4n) is 3.15. The fourth-order valence-corrected chi connectivity index (χ4v) is 4.09. The van der Waals surface area contributed by atoms with E-state index in [9.17, 15) is 9.59 Å². The maximum Gasteiger partial charge on any atom is 0.240 e. The lowest BCUT2D eigenvalue weighted by Crippen LogP contribution is -2.46. The Morgan fingerprint density at radius 3 is 2.54 bits per heavy atom. The maximum absolute atomic E-state index is 12.5. The fraction of sp³-hybridized carbons (Fsp3) is 0.556. The van der Waals surface area contributed by atoms with Crippen LogP contribution in [0.3, 0.4) is 0 Å². The third-order valence-electron chi connectivity index (χ3n) is 4.65. The SMILES string of the molecule is Cc1ccc(CC(=O)N2CCCN(C(=O)C3CSCN3)CC2)cc1. The summed E-state index contributed by atoms with van der Waals surface area (Å²) in [5.74, 6) is 2.05. The molecular weight excluding hydrogens is 322 g/mol. The van der Waals surface area contributed by atoms with Gasteiger partial charge in [-0.2, -0.15) is 0 Å². The normalized spacial score (nSPS) is 21.6. The number of benzene rings is 1. The molecule has 0 radical (unpaired) electrons. The molecule has 1 unspecified atom stereocenters. The van der Waals surface area contributed by atoms with Gasteiger partial charge in [-0.1, -0.05) is 29.8 Å². The molecule has 1 N–H and O–H groups in total. The Morgan fingerprint density at radius 2 is 1.83 bits per heavy atom. The Kier molecular flexibility index (Phi) is 5.79. The van der Waals surface area contributed by atoms with Gasteiger partial charge in [0.15, 0.2) is 0 Å². The van der Waals surface area contributed by atoms with Crippen molar-refractivity contribution in [2.75, 3.05) is 37.8 Å². The quantitative estimate of drug-likeness (QED) is 0.894. The van der Waals surface area contributed by atoms with E-state index in [0.29, 0.717) is 19.5 Å². The Labute approximate surface area is 147 Å². The van der Waals surface area contributed by atoms with Crippen LogP contribution >= 0.6 is 11.8 Å². The standard InChI is InChI=1S/C18H25N3O2S/c1-14-3-5-15(6-4-14)11-17(22)20-7-2-8-21(10-9-20)18(23)16-12-24-13-19-16/h3-6,16,19H,2,7-13H2,1H3. The molecule has 2 aliphatic heterocycles. The summed E-state index contributed by atoms with van der Waals surface area (Å²) < 4.78 is 0. The molecule has 2 fully saturated rings. The van der Waals surface area contributed by atoms with E-state index in [4.69, 9.17) is 0 Å². The van der Waals surface area contributed by atoms with E-state index in [1.165, 1.54) is 5.56 Å². The molecule has 0 aliphatic carbocycles. The summed E-state index contributed by atoms with van der Waals surface area (Å²) in [6.45, 7) is 4.80. The molecular formula is C18H25N3O2S. The average molecular weight is 347 g/mol. The number of carbonyl (C=O) groups excluding carboxylic acids is 2. The number of nitrogens with one attached hydrogen (secondary N) is 1. The minimum absolute atomic E-state index is 0.0511. The number of hydrogen-bond donors (Lipinski definition) is 1. The molecule has 3 rings (SSSR count). The molecule has 24 heavy (non-hydrogen) atoms. The molecule has 2 amide bonds. The summed E-state index contributed by atoms with van der Waals surface area (Å²) in [6.07, 6.45) is 1.29. The Bertz CT molecular complexity index is 584. The van der Waals surface area contributed by atoms with Crippen molar-refractivity contribution < 1.29 is 9.59 Å². The molecule has 6 heteroatoms. The number of carbonyl (C=O) groups is 2. The van der Waals surface area contributed by atoms with Gasteiger partial charge in [-0.05, 0) is 18.9 Å². The molecule has 0 aromatic heterocycles. The minimum atomic E-state index is -0.0511. The topological polar surface area (TPSA) is 52.7 Å². The number of aryl methyl sites for hydroxylation is 1. The van der Waals surface area contributed by atoms with Crippen molar-refractivity contribution in [2.45, 2.75) is 25.8 Å². The van der Waals surface area contributed by atoms with Crippen LogP contribution in [0, 0.1) is 6.92 Å². The summed E-state index contributed by atoms with van der Waals surface area (Å²) >= 11 is 1.76. The zero-order valence-electron chi connectivity index (χ0n) is 14.2. The number of nitrogens with zero attached hydrogens (tertiary/aromatic N) is 2. The third kappa shape index (κ3) is 4.30. The number of hydrogen-bond acceptors (Lipinski definition) is 4. The van der Waals surface area contributed by atoms with Gasteiger partial charge in [0.2, 0.25) is 11.8 Å². The van der Waals surface area contributed by atoms with Gasteiger partial charge in [-0.3, -0.25) is 14.9 Å². The van der Waals surface area contributed by atoms with Crippen LogP contribution in [0.15, 0.2) is 24.3 Å². The maximum atomic E-state index is 12.5. The van der Waals surface area contributed by atoms with Crippen LogP contribution in [-0.2, 0) is 16.0 Å². The Morgan fingerprint density at radius 1 is 1.12 bits per heavy atom. The second-order valence-corrected chi connectivity index (χ2v) is 7.52. The summed E-state index contributed by atoms with van der Waals surface area (Å²) in [7, 11) is 0. The van der Waals surface area contributed by atoms with Crippen molar-refractivity contribution in [3.8, 4) is 0 Å². The Balaban J connectivity index is 1.53. The molecule has 1 aromatic rings. The molecule has 0 saturated carbocycles. The Hall–Kier alpha value is -1.53. The molecule has 0 bridgehead atoms. The lowest BCUT2D eigenvalue weighted by Gasteiger charge is -2.24. The highest BCUT2D eigenvalue weighted by Gasteiger charge is 2.29. The van der Waals surface area contributed by atoms with Crippen molar-refractivity contribution in [1.29, 1.82) is 0 Å². The van der Waals surface area contributed by atoms with Gasteiger partial charge in [0.05, 0.1) is 12.5 Å². The predicted octanol–water partition coefficient (Wildman–Crippen LogP) is 1.26. The van der Waals surface area contributed by atoms with Crippen molar-refractivity contribution >= 4 is 23.6 Å². The largest absolute Gasteiger partial charge is 0.341 e.